The third kappa shape index (κ3) is 7.33. The number of hydrogen-bond acceptors (Lipinski definition) is 6. The van der Waals surface area contributed by atoms with Crippen molar-refractivity contribution in [2.75, 3.05) is 0 Å². The van der Waals surface area contributed by atoms with Crippen molar-refractivity contribution in [3.8, 4) is 0 Å². The Hall–Kier alpha value is -5.90. The molecular formula is C30H24N6O4. The van der Waals surface area contributed by atoms with Gasteiger partial charge in [0.1, 0.15) is 0 Å². The Morgan fingerprint density at radius 3 is 1.10 bits per heavy atom. The van der Waals surface area contributed by atoms with Gasteiger partial charge < -0.3 is 21.7 Å². The molecule has 0 aliphatic heterocycles. The number of amidine groups is 2. The second-order valence-electron chi connectivity index (χ2n) is 8.43. The molecule has 6 N–H and O–H groups in total. The summed E-state index contributed by atoms with van der Waals surface area (Å²) in [6, 6.07) is 26.9. The van der Waals surface area contributed by atoms with E-state index in [1.165, 1.54) is 24.3 Å². The number of aliphatic imine (C=N–C) groups is 2. The Balaban J connectivity index is 1.36. The van der Waals surface area contributed by atoms with E-state index in [0.717, 1.165) is 11.1 Å². The van der Waals surface area contributed by atoms with Crippen LogP contribution in [0.5, 0.6) is 0 Å². The van der Waals surface area contributed by atoms with Crippen LogP contribution < -0.4 is 11.5 Å². The van der Waals surface area contributed by atoms with Crippen molar-refractivity contribution in [1.82, 2.24) is 0 Å². The van der Waals surface area contributed by atoms with Crippen LogP contribution in [-0.2, 0) is 0 Å². The van der Waals surface area contributed by atoms with Crippen LogP contribution in [0.25, 0.3) is 0 Å². The lowest BCUT2D eigenvalue weighted by Crippen LogP contribution is -2.16. The fourth-order valence-corrected chi connectivity index (χ4v) is 3.38. The fraction of sp³-hybridized carbons (Fsp3) is 0. The highest BCUT2D eigenvalue weighted by atomic mass is 16.4. The molecule has 0 unspecified atom stereocenters. The van der Waals surface area contributed by atoms with E-state index in [1.54, 1.807) is 85.2 Å². The number of carboxylic acids is 2. The third-order valence-electron chi connectivity index (χ3n) is 5.63. The average molecular weight is 533 g/mol. The van der Waals surface area contributed by atoms with Crippen LogP contribution in [-0.4, -0.2) is 46.3 Å². The molecule has 0 saturated carbocycles. The van der Waals surface area contributed by atoms with Crippen molar-refractivity contribution in [1.29, 1.82) is 0 Å². The van der Waals surface area contributed by atoms with Gasteiger partial charge in [-0.1, -0.05) is 24.3 Å². The molecule has 4 aromatic carbocycles. The van der Waals surface area contributed by atoms with Crippen LogP contribution in [0.4, 0.5) is 11.4 Å². The van der Waals surface area contributed by atoms with E-state index in [2.05, 4.69) is 20.2 Å². The maximum Gasteiger partial charge on any atom is 0.335 e. The number of rotatable bonds is 9. The summed E-state index contributed by atoms with van der Waals surface area (Å²) in [6.07, 6.45) is 3.27. The lowest BCUT2D eigenvalue weighted by Gasteiger charge is -2.02. The number of nitrogens with zero attached hydrogens (tertiary/aromatic N) is 4. The first kappa shape index (κ1) is 27.1. The first-order chi connectivity index (χ1) is 19.3. The minimum absolute atomic E-state index is 0.179. The van der Waals surface area contributed by atoms with Crippen molar-refractivity contribution < 1.29 is 19.8 Å². The van der Waals surface area contributed by atoms with Crippen LogP contribution in [0, 0.1) is 0 Å². The number of hydrogen-bond donors (Lipinski definition) is 4. The average Bonchev–Trinajstić information content (AvgIpc) is 2.98. The molecule has 10 heteroatoms. The van der Waals surface area contributed by atoms with Gasteiger partial charge in [0.05, 0.1) is 22.5 Å². The van der Waals surface area contributed by atoms with Gasteiger partial charge in [-0.3, -0.25) is 9.98 Å². The van der Waals surface area contributed by atoms with Gasteiger partial charge in [0.15, 0.2) is 11.7 Å². The summed E-state index contributed by atoms with van der Waals surface area (Å²) in [5.41, 5.74) is 16.8. The number of aromatic carboxylic acids is 2. The summed E-state index contributed by atoms with van der Waals surface area (Å²) in [5, 5.41) is 26.0. The van der Waals surface area contributed by atoms with Gasteiger partial charge >= 0.3 is 11.9 Å². The van der Waals surface area contributed by atoms with Gasteiger partial charge in [0.25, 0.3) is 0 Å². The van der Waals surface area contributed by atoms with Crippen molar-refractivity contribution in [2.45, 2.75) is 0 Å². The summed E-state index contributed by atoms with van der Waals surface area (Å²) in [6.45, 7) is 0. The predicted octanol–water partition coefficient (Wildman–Crippen LogP) is 4.61. The highest BCUT2D eigenvalue weighted by molar-refractivity contribution is 6.01. The fourth-order valence-electron chi connectivity index (χ4n) is 3.38. The molecule has 0 spiro atoms. The van der Waals surface area contributed by atoms with E-state index >= 15 is 0 Å². The molecule has 0 heterocycles. The Morgan fingerprint density at radius 2 is 0.800 bits per heavy atom. The molecule has 0 aromatic heterocycles. The predicted molar refractivity (Wildman–Crippen MR) is 156 cm³/mol. The van der Waals surface area contributed by atoms with E-state index in [4.69, 9.17) is 21.7 Å². The molecule has 0 aliphatic carbocycles. The lowest BCUT2D eigenvalue weighted by molar-refractivity contribution is 0.0686. The Labute approximate surface area is 229 Å². The van der Waals surface area contributed by atoms with E-state index in [1.807, 2.05) is 0 Å². The summed E-state index contributed by atoms with van der Waals surface area (Å²) in [7, 11) is 0. The van der Waals surface area contributed by atoms with Crippen molar-refractivity contribution in [3.63, 3.8) is 0 Å². The summed E-state index contributed by atoms with van der Waals surface area (Å²) in [4.78, 5) is 30.7. The van der Waals surface area contributed by atoms with Gasteiger partial charge in [-0.25, -0.2) is 9.59 Å². The van der Waals surface area contributed by atoms with Gasteiger partial charge in [-0.2, -0.15) is 0 Å². The summed E-state index contributed by atoms with van der Waals surface area (Å²) >= 11 is 0. The van der Waals surface area contributed by atoms with Crippen molar-refractivity contribution in [2.24, 2.45) is 31.7 Å². The van der Waals surface area contributed by atoms with Crippen LogP contribution >= 0.6 is 0 Å². The SMILES string of the molecule is N/C(=N\N=C(/N)c1ccc(N=Cc2ccc(C(=O)O)cc2)cc1)c1ccc(N=Cc2ccc(C(=O)O)cc2)cc1. The topological polar surface area (TPSA) is 176 Å². The Bertz CT molecular complexity index is 1500. The lowest BCUT2D eigenvalue weighted by atomic mass is 10.1. The number of nitrogens with two attached hydrogens (primary N) is 2. The van der Waals surface area contributed by atoms with E-state index < -0.39 is 11.9 Å². The molecule has 0 radical (unpaired) electrons. The third-order valence-corrected chi connectivity index (χ3v) is 5.63. The first-order valence-electron chi connectivity index (χ1n) is 11.9. The van der Waals surface area contributed by atoms with Gasteiger partial charge in [0.2, 0.25) is 0 Å². The molecule has 4 rings (SSSR count). The van der Waals surface area contributed by atoms with Crippen LogP contribution in [0.3, 0.4) is 0 Å². The zero-order valence-electron chi connectivity index (χ0n) is 21.0. The molecule has 4 aromatic rings. The van der Waals surface area contributed by atoms with Gasteiger partial charge in [-0.15, -0.1) is 10.2 Å². The zero-order valence-corrected chi connectivity index (χ0v) is 21.0. The standard InChI is InChI=1S/C30H24N6O4/c31-27(21-9-13-25(14-10-21)33-17-19-1-5-23(6-2-19)29(37)38)35-36-28(32)22-11-15-26(16-12-22)34-18-20-3-7-24(8-4-20)30(39)40/h1-18H,(H2,31,35)(H2,32,36)(H,37,38)(H,39,40). The van der Waals surface area contributed by atoms with Crippen molar-refractivity contribution in [3.05, 3.63) is 130 Å². The highest BCUT2D eigenvalue weighted by Gasteiger charge is 2.03. The highest BCUT2D eigenvalue weighted by Crippen LogP contribution is 2.15. The number of carboxylic acid groups (broad SMARTS) is 2. The second-order valence-corrected chi connectivity index (χ2v) is 8.43. The summed E-state index contributed by atoms with van der Waals surface area (Å²) in [5.74, 6) is -1.60. The number of benzene rings is 4. The molecule has 0 bridgehead atoms. The molecule has 10 nitrogen and oxygen atoms in total. The quantitative estimate of drug-likeness (QED) is 0.139. The molecule has 0 atom stereocenters. The second kappa shape index (κ2) is 12.6. The number of carbonyl (C=O) groups is 2. The summed E-state index contributed by atoms with van der Waals surface area (Å²) < 4.78 is 0. The smallest absolute Gasteiger partial charge is 0.335 e. The zero-order chi connectivity index (χ0) is 28.5. The molecule has 0 aliphatic rings. The molecule has 0 amide bonds. The molecule has 40 heavy (non-hydrogen) atoms. The van der Waals surface area contributed by atoms with E-state index in [9.17, 15) is 9.59 Å². The maximum atomic E-state index is 10.9. The minimum atomic E-state index is -0.979. The minimum Gasteiger partial charge on any atom is -0.478 e. The van der Waals surface area contributed by atoms with E-state index in [0.29, 0.717) is 22.5 Å². The largest absolute Gasteiger partial charge is 0.478 e. The van der Waals surface area contributed by atoms with E-state index in [-0.39, 0.29) is 22.8 Å². The first-order valence-corrected chi connectivity index (χ1v) is 11.9. The van der Waals surface area contributed by atoms with Crippen LogP contribution in [0.15, 0.2) is 117 Å². The van der Waals surface area contributed by atoms with Gasteiger partial charge in [-0.05, 0) is 83.9 Å². The molecule has 198 valence electrons. The van der Waals surface area contributed by atoms with Gasteiger partial charge in [0, 0.05) is 23.6 Å². The van der Waals surface area contributed by atoms with Crippen LogP contribution in [0.2, 0.25) is 0 Å². The Kier molecular flexibility index (Phi) is 8.53. The monoisotopic (exact) mass is 532 g/mol. The molecule has 0 saturated heterocycles. The normalized spacial score (nSPS) is 12.2. The van der Waals surface area contributed by atoms with Crippen LogP contribution in [0.1, 0.15) is 43.0 Å². The molecular weight excluding hydrogens is 508 g/mol. The Morgan fingerprint density at radius 1 is 0.500 bits per heavy atom. The molecule has 0 fully saturated rings. The maximum absolute atomic E-state index is 10.9. The van der Waals surface area contributed by atoms with Crippen molar-refractivity contribution >= 4 is 47.4 Å².